The molecule has 2 N–H and O–H groups in total. The van der Waals surface area contributed by atoms with E-state index >= 15 is 0 Å². The minimum atomic E-state index is -0.138. The van der Waals surface area contributed by atoms with Gasteiger partial charge in [-0.2, -0.15) is 10.4 Å². The van der Waals surface area contributed by atoms with Gasteiger partial charge in [-0.15, -0.1) is 12.4 Å². The predicted molar refractivity (Wildman–Crippen MR) is 86.5 cm³/mol. The first kappa shape index (κ1) is 16.3. The summed E-state index contributed by atoms with van der Waals surface area (Å²) in [6, 6.07) is 2.66. The fraction of sp³-hybridized carbons (Fsp3) is 0.500. The Bertz CT molecular complexity index is 601. The molecule has 0 aromatic carbocycles. The number of amidine groups is 1. The Labute approximate surface area is 136 Å². The number of aliphatic imine (C=N–C) groups is 1. The number of H-pyrrole nitrogens is 1. The van der Waals surface area contributed by atoms with E-state index in [2.05, 4.69) is 33.4 Å². The zero-order valence-corrected chi connectivity index (χ0v) is 13.5. The Morgan fingerprint density at radius 1 is 1.45 bits per heavy atom. The highest BCUT2D eigenvalue weighted by atomic mass is 35.5. The van der Waals surface area contributed by atoms with E-state index in [0.717, 1.165) is 31.0 Å². The molecule has 0 aliphatic carbocycles. The van der Waals surface area contributed by atoms with Crippen molar-refractivity contribution in [3.05, 3.63) is 29.7 Å². The molecule has 2 atom stereocenters. The monoisotopic (exact) mass is 321 g/mol. The molecule has 0 bridgehead atoms. The molecule has 0 spiro atoms. The minimum absolute atomic E-state index is 0. The maximum atomic E-state index is 9.41. The van der Waals surface area contributed by atoms with Crippen LogP contribution in [0.15, 0.2) is 29.2 Å². The molecule has 2 aliphatic rings. The Morgan fingerprint density at radius 3 is 2.91 bits per heavy atom. The average molecular weight is 322 g/mol. The fourth-order valence-electron chi connectivity index (χ4n) is 2.78. The number of hydrogen-bond acceptors (Lipinski definition) is 6. The third-order valence-electron chi connectivity index (χ3n) is 3.81. The molecule has 3 heterocycles. The molecule has 1 saturated heterocycles. The van der Waals surface area contributed by atoms with Gasteiger partial charge in [-0.3, -0.25) is 5.10 Å². The number of rotatable bonds is 1. The lowest BCUT2D eigenvalue weighted by molar-refractivity contribution is 0.287. The van der Waals surface area contributed by atoms with Crippen LogP contribution in [0.4, 0.5) is 0 Å². The molecule has 8 heteroatoms. The molecule has 1 aromatic heterocycles. The van der Waals surface area contributed by atoms with Crippen molar-refractivity contribution in [2.75, 3.05) is 26.7 Å². The summed E-state index contributed by atoms with van der Waals surface area (Å²) in [5.74, 6) is 0.787. The first-order chi connectivity index (χ1) is 10.2. The lowest BCUT2D eigenvalue weighted by atomic mass is 10.1. The van der Waals surface area contributed by atoms with E-state index in [-0.39, 0.29) is 18.6 Å². The Hall–Kier alpha value is -2.04. The molecule has 118 valence electrons. The van der Waals surface area contributed by atoms with E-state index in [0.29, 0.717) is 11.6 Å². The summed E-state index contributed by atoms with van der Waals surface area (Å²) in [5.41, 5.74) is 1.61. The summed E-state index contributed by atoms with van der Waals surface area (Å²) < 4.78 is 0. The van der Waals surface area contributed by atoms with Crippen LogP contribution in [0.1, 0.15) is 18.7 Å². The molecule has 0 saturated carbocycles. The standard InChI is InChI=1S/C14H19N7.ClH/c1-10-8-21(4-3-16-10)14-11(5-15)9-20(2)13(19-14)12-6-17-18-7-12;/h6-7,9-10,13,16H,3-4,8H2,1-2H3,(H,17,18);1H. The Morgan fingerprint density at radius 2 is 2.27 bits per heavy atom. The van der Waals surface area contributed by atoms with Crippen molar-refractivity contribution in [1.29, 1.82) is 5.26 Å². The van der Waals surface area contributed by atoms with Crippen molar-refractivity contribution in [2.24, 2.45) is 4.99 Å². The summed E-state index contributed by atoms with van der Waals surface area (Å²) in [5, 5.41) is 19.6. The first-order valence-corrected chi connectivity index (χ1v) is 7.08. The second kappa shape index (κ2) is 6.81. The van der Waals surface area contributed by atoms with Gasteiger partial charge in [-0.25, -0.2) is 4.99 Å². The zero-order chi connectivity index (χ0) is 14.8. The van der Waals surface area contributed by atoms with Crippen molar-refractivity contribution < 1.29 is 0 Å². The van der Waals surface area contributed by atoms with Gasteiger partial charge < -0.3 is 15.1 Å². The molecule has 3 rings (SSSR count). The van der Waals surface area contributed by atoms with E-state index in [4.69, 9.17) is 4.99 Å². The van der Waals surface area contributed by atoms with Crippen molar-refractivity contribution in [1.82, 2.24) is 25.3 Å². The van der Waals surface area contributed by atoms with Crippen LogP contribution in [0, 0.1) is 11.3 Å². The van der Waals surface area contributed by atoms with Crippen LogP contribution < -0.4 is 5.32 Å². The lowest BCUT2D eigenvalue weighted by Crippen LogP contribution is -2.52. The SMILES string of the molecule is CC1CN(C2=NC(c3cn[nH]c3)N(C)C=C2C#N)CCN1.Cl. The van der Waals surface area contributed by atoms with Gasteiger partial charge in [0, 0.05) is 50.7 Å². The van der Waals surface area contributed by atoms with E-state index < -0.39 is 0 Å². The Balaban J connectivity index is 0.00000176. The maximum absolute atomic E-state index is 9.41. The van der Waals surface area contributed by atoms with Crippen LogP contribution in [0.2, 0.25) is 0 Å². The van der Waals surface area contributed by atoms with Crippen LogP contribution in [0.3, 0.4) is 0 Å². The third kappa shape index (κ3) is 3.08. The van der Waals surface area contributed by atoms with Gasteiger partial charge in [0.25, 0.3) is 0 Å². The summed E-state index contributed by atoms with van der Waals surface area (Å²) in [6.45, 7) is 4.78. The van der Waals surface area contributed by atoms with Crippen LogP contribution in [0.5, 0.6) is 0 Å². The number of halogens is 1. The largest absolute Gasteiger partial charge is 0.354 e. The van der Waals surface area contributed by atoms with Crippen molar-refractivity contribution in [2.45, 2.75) is 19.1 Å². The molecule has 2 aliphatic heterocycles. The van der Waals surface area contributed by atoms with E-state index in [1.54, 1.807) is 6.20 Å². The molecule has 0 amide bonds. The number of aromatic amines is 1. The first-order valence-electron chi connectivity index (χ1n) is 7.08. The van der Waals surface area contributed by atoms with E-state index in [1.807, 2.05) is 24.3 Å². The van der Waals surface area contributed by atoms with Gasteiger partial charge in [-0.1, -0.05) is 0 Å². The van der Waals surface area contributed by atoms with Gasteiger partial charge in [0.1, 0.15) is 17.5 Å². The summed E-state index contributed by atoms with van der Waals surface area (Å²) in [7, 11) is 1.93. The molecular formula is C14H20ClN7. The highest BCUT2D eigenvalue weighted by molar-refractivity contribution is 6.02. The zero-order valence-electron chi connectivity index (χ0n) is 12.7. The van der Waals surface area contributed by atoms with Crippen LogP contribution in [-0.2, 0) is 0 Å². The number of aromatic nitrogens is 2. The molecule has 7 nitrogen and oxygen atoms in total. The third-order valence-corrected chi connectivity index (χ3v) is 3.81. The molecule has 1 fully saturated rings. The second-order valence-corrected chi connectivity index (χ2v) is 5.48. The average Bonchev–Trinajstić information content (AvgIpc) is 3.00. The topological polar surface area (TPSA) is 83.3 Å². The van der Waals surface area contributed by atoms with Gasteiger partial charge in [0.2, 0.25) is 0 Å². The summed E-state index contributed by atoms with van der Waals surface area (Å²) in [4.78, 5) is 8.94. The lowest BCUT2D eigenvalue weighted by Gasteiger charge is -2.37. The molecule has 1 aromatic rings. The smallest absolute Gasteiger partial charge is 0.151 e. The van der Waals surface area contributed by atoms with Crippen molar-refractivity contribution in [3.63, 3.8) is 0 Å². The van der Waals surface area contributed by atoms with Gasteiger partial charge in [0.15, 0.2) is 6.17 Å². The highest BCUT2D eigenvalue weighted by Crippen LogP contribution is 2.27. The van der Waals surface area contributed by atoms with E-state index in [9.17, 15) is 5.26 Å². The van der Waals surface area contributed by atoms with Crippen LogP contribution in [0.25, 0.3) is 0 Å². The normalized spacial score (nSPS) is 25.0. The fourth-order valence-corrected chi connectivity index (χ4v) is 2.78. The van der Waals surface area contributed by atoms with Crippen LogP contribution in [-0.4, -0.2) is 58.6 Å². The predicted octanol–water partition coefficient (Wildman–Crippen LogP) is 0.875. The number of nitriles is 1. The van der Waals surface area contributed by atoms with Crippen molar-refractivity contribution >= 4 is 18.2 Å². The summed E-state index contributed by atoms with van der Waals surface area (Å²) >= 11 is 0. The van der Waals surface area contributed by atoms with Gasteiger partial charge in [0.05, 0.1) is 6.20 Å². The minimum Gasteiger partial charge on any atom is -0.354 e. The van der Waals surface area contributed by atoms with Gasteiger partial charge >= 0.3 is 0 Å². The van der Waals surface area contributed by atoms with Crippen LogP contribution >= 0.6 is 12.4 Å². The van der Waals surface area contributed by atoms with Crippen molar-refractivity contribution in [3.8, 4) is 6.07 Å². The van der Waals surface area contributed by atoms with Gasteiger partial charge in [-0.05, 0) is 6.92 Å². The summed E-state index contributed by atoms with van der Waals surface area (Å²) in [6.07, 6.45) is 5.34. The number of hydrogen-bond donors (Lipinski definition) is 2. The molecule has 22 heavy (non-hydrogen) atoms. The molecular weight excluding hydrogens is 302 g/mol. The Kier molecular flexibility index (Phi) is 5.06. The number of nitrogens with zero attached hydrogens (tertiary/aromatic N) is 5. The number of nitrogens with one attached hydrogen (secondary N) is 2. The highest BCUT2D eigenvalue weighted by Gasteiger charge is 2.28. The molecule has 0 radical (unpaired) electrons. The quantitative estimate of drug-likeness (QED) is 0.802. The molecule has 2 unspecified atom stereocenters. The van der Waals surface area contributed by atoms with E-state index in [1.165, 1.54) is 0 Å². The second-order valence-electron chi connectivity index (χ2n) is 5.48. The maximum Gasteiger partial charge on any atom is 0.151 e. The number of piperazine rings is 1.